The molecule has 4 rings (SSSR count). The molecule has 3 aromatic rings. The highest BCUT2D eigenvalue weighted by atomic mass is 32.1. The lowest BCUT2D eigenvalue weighted by molar-refractivity contribution is 0.185. The highest BCUT2D eigenvalue weighted by Gasteiger charge is 2.25. The summed E-state index contributed by atoms with van der Waals surface area (Å²) in [6.07, 6.45) is 1.08. The van der Waals surface area contributed by atoms with E-state index in [4.69, 9.17) is 15.2 Å². The van der Waals surface area contributed by atoms with Crippen LogP contribution in [0.1, 0.15) is 22.0 Å². The average molecular weight is 437 g/mol. The average Bonchev–Trinajstić information content (AvgIpc) is 3.28. The van der Waals surface area contributed by atoms with E-state index in [-0.39, 0.29) is 6.04 Å². The lowest BCUT2D eigenvalue weighted by atomic mass is 10.0. The fraction of sp³-hybridized carbons (Fsp3) is 0.292. The third-order valence-electron chi connectivity index (χ3n) is 5.55. The molecule has 31 heavy (non-hydrogen) atoms. The molecule has 1 aliphatic rings. The van der Waals surface area contributed by atoms with Gasteiger partial charge in [-0.05, 0) is 41.1 Å². The number of nitrogens with two attached hydrogens (primary N) is 1. The van der Waals surface area contributed by atoms with Crippen molar-refractivity contribution in [3.8, 4) is 11.5 Å². The molecular weight excluding hydrogens is 408 g/mol. The summed E-state index contributed by atoms with van der Waals surface area (Å²) in [6, 6.07) is 18.5. The van der Waals surface area contributed by atoms with Crippen LogP contribution >= 0.6 is 11.3 Å². The predicted octanol–water partition coefficient (Wildman–Crippen LogP) is 4.29. The van der Waals surface area contributed by atoms with Gasteiger partial charge in [0.25, 0.3) is 0 Å². The van der Waals surface area contributed by atoms with Gasteiger partial charge >= 0.3 is 0 Å². The van der Waals surface area contributed by atoms with Gasteiger partial charge in [-0.2, -0.15) is 0 Å². The Balaban J connectivity index is 1.50. The maximum atomic E-state index is 6.23. The van der Waals surface area contributed by atoms with Crippen LogP contribution in [0.4, 0.5) is 5.69 Å². The first-order valence-corrected chi connectivity index (χ1v) is 11.2. The number of hydrogen-bond donors (Lipinski definition) is 2. The second-order valence-electron chi connectivity index (χ2n) is 7.44. The second-order valence-corrected chi connectivity index (χ2v) is 8.44. The number of ether oxygens (including phenoxy) is 2. The molecular formula is C24H28N4O2S. The zero-order chi connectivity index (χ0) is 21.6. The van der Waals surface area contributed by atoms with Crippen LogP contribution in [-0.2, 0) is 13.0 Å². The van der Waals surface area contributed by atoms with Crippen molar-refractivity contribution >= 4 is 23.0 Å². The van der Waals surface area contributed by atoms with Crippen LogP contribution in [0.2, 0.25) is 0 Å². The van der Waals surface area contributed by atoms with Crippen LogP contribution in [0.25, 0.3) is 0 Å². The van der Waals surface area contributed by atoms with Gasteiger partial charge in [-0.15, -0.1) is 11.3 Å². The molecule has 162 valence electrons. The van der Waals surface area contributed by atoms with E-state index in [1.807, 2.05) is 35.6 Å². The molecule has 3 N–H and O–H groups in total. The molecule has 0 radical (unpaired) electrons. The van der Waals surface area contributed by atoms with Crippen LogP contribution in [-0.4, -0.2) is 38.2 Å². The lowest BCUT2D eigenvalue weighted by Crippen LogP contribution is -2.35. The molecule has 0 amide bonds. The van der Waals surface area contributed by atoms with Gasteiger partial charge in [-0.25, -0.2) is 0 Å². The van der Waals surface area contributed by atoms with Gasteiger partial charge in [0.05, 0.1) is 26.8 Å². The number of benzene rings is 2. The topological polar surface area (TPSA) is 72.1 Å². The van der Waals surface area contributed by atoms with E-state index in [2.05, 4.69) is 50.9 Å². The summed E-state index contributed by atoms with van der Waals surface area (Å²) in [5.41, 5.74) is 9.72. The summed E-state index contributed by atoms with van der Waals surface area (Å²) in [5.74, 6) is 1.69. The monoisotopic (exact) mass is 436 g/mol. The molecule has 0 fully saturated rings. The first kappa shape index (κ1) is 21.2. The van der Waals surface area contributed by atoms with E-state index < -0.39 is 0 Å². The molecule has 2 heterocycles. The van der Waals surface area contributed by atoms with Gasteiger partial charge in [0.1, 0.15) is 0 Å². The number of methoxy groups -OCH3 is 2. The van der Waals surface area contributed by atoms with Crippen LogP contribution in [0.3, 0.4) is 0 Å². The number of hydrogen-bond acceptors (Lipinski definition) is 5. The number of fused-ring (bicyclic) bond motifs is 1. The molecule has 1 aromatic heterocycles. The van der Waals surface area contributed by atoms with Crippen molar-refractivity contribution in [2.24, 2.45) is 10.7 Å². The summed E-state index contributed by atoms with van der Waals surface area (Å²) in [4.78, 5) is 8.68. The Morgan fingerprint density at radius 2 is 1.94 bits per heavy atom. The minimum atomic E-state index is 0.167. The predicted molar refractivity (Wildman–Crippen MR) is 127 cm³/mol. The van der Waals surface area contributed by atoms with Crippen molar-refractivity contribution < 1.29 is 9.47 Å². The minimum absolute atomic E-state index is 0.167. The number of rotatable bonds is 7. The Morgan fingerprint density at radius 3 is 2.71 bits per heavy atom. The summed E-state index contributed by atoms with van der Waals surface area (Å²) in [5, 5.41) is 5.35. The van der Waals surface area contributed by atoms with E-state index in [1.165, 1.54) is 16.0 Å². The molecule has 0 spiro atoms. The van der Waals surface area contributed by atoms with Crippen LogP contribution in [0, 0.1) is 0 Å². The molecule has 0 saturated heterocycles. The van der Waals surface area contributed by atoms with Gasteiger partial charge in [0, 0.05) is 29.7 Å². The maximum Gasteiger partial charge on any atom is 0.193 e. The minimum Gasteiger partial charge on any atom is -0.493 e. The normalized spacial score (nSPS) is 15.2. The number of anilines is 1. The standard InChI is InChI=1S/C24H28N4O2S/c1-29-21-9-8-19(14-22(21)30-2)27-24(25)26-15-20(17-6-4-3-5-7-17)28-12-10-23-18(16-28)11-13-31-23/h3-9,11,13-14,20H,10,12,15-16H2,1-2H3,(H3,25,26,27). The number of thiophene rings is 1. The fourth-order valence-corrected chi connectivity index (χ4v) is 4.82. The maximum absolute atomic E-state index is 6.23. The van der Waals surface area contributed by atoms with Crippen LogP contribution in [0.5, 0.6) is 11.5 Å². The second kappa shape index (κ2) is 9.85. The summed E-state index contributed by atoms with van der Waals surface area (Å²) in [6.45, 7) is 2.54. The Hall–Kier alpha value is -3.03. The third-order valence-corrected chi connectivity index (χ3v) is 6.58. The van der Waals surface area contributed by atoms with Gasteiger partial charge in [-0.3, -0.25) is 9.89 Å². The molecule has 1 atom stereocenters. The van der Waals surface area contributed by atoms with Gasteiger partial charge < -0.3 is 20.5 Å². The van der Waals surface area contributed by atoms with E-state index in [9.17, 15) is 0 Å². The van der Waals surface area contributed by atoms with E-state index in [0.717, 1.165) is 25.2 Å². The number of guanidine groups is 1. The van der Waals surface area contributed by atoms with E-state index >= 15 is 0 Å². The quantitative estimate of drug-likeness (QED) is 0.427. The fourth-order valence-electron chi connectivity index (χ4n) is 3.93. The summed E-state index contributed by atoms with van der Waals surface area (Å²) in [7, 11) is 3.23. The lowest BCUT2D eigenvalue weighted by Gasteiger charge is -2.34. The molecule has 0 saturated carbocycles. The van der Waals surface area contributed by atoms with Crippen molar-refractivity contribution in [3.05, 3.63) is 76.0 Å². The molecule has 1 aliphatic heterocycles. The van der Waals surface area contributed by atoms with Crippen molar-refractivity contribution in [2.45, 2.75) is 19.0 Å². The largest absolute Gasteiger partial charge is 0.493 e. The Morgan fingerprint density at radius 1 is 1.13 bits per heavy atom. The third kappa shape index (κ3) is 5.00. The summed E-state index contributed by atoms with van der Waals surface area (Å²) >= 11 is 1.86. The first-order chi connectivity index (χ1) is 15.2. The van der Waals surface area contributed by atoms with Crippen molar-refractivity contribution in [1.82, 2.24) is 4.90 Å². The molecule has 0 aliphatic carbocycles. The number of aliphatic imine (C=N–C) groups is 1. The van der Waals surface area contributed by atoms with Crippen molar-refractivity contribution in [1.29, 1.82) is 0 Å². The molecule has 7 heteroatoms. The van der Waals surface area contributed by atoms with E-state index in [0.29, 0.717) is 24.0 Å². The Bertz CT molecular complexity index is 1040. The molecule has 1 unspecified atom stereocenters. The zero-order valence-electron chi connectivity index (χ0n) is 17.9. The number of nitrogens with zero attached hydrogens (tertiary/aromatic N) is 2. The molecule has 0 bridgehead atoms. The van der Waals surface area contributed by atoms with Crippen molar-refractivity contribution in [3.63, 3.8) is 0 Å². The van der Waals surface area contributed by atoms with Crippen LogP contribution < -0.4 is 20.5 Å². The zero-order valence-corrected chi connectivity index (χ0v) is 18.7. The molecule has 2 aromatic carbocycles. The van der Waals surface area contributed by atoms with Gasteiger partial charge in [-0.1, -0.05) is 30.3 Å². The first-order valence-electron chi connectivity index (χ1n) is 10.3. The Kier molecular flexibility index (Phi) is 6.74. The van der Waals surface area contributed by atoms with Gasteiger partial charge in [0.2, 0.25) is 0 Å². The highest BCUT2D eigenvalue weighted by Crippen LogP contribution is 2.31. The highest BCUT2D eigenvalue weighted by molar-refractivity contribution is 7.10. The van der Waals surface area contributed by atoms with Gasteiger partial charge in [0.15, 0.2) is 17.5 Å². The van der Waals surface area contributed by atoms with Crippen LogP contribution in [0.15, 0.2) is 65.0 Å². The smallest absolute Gasteiger partial charge is 0.193 e. The van der Waals surface area contributed by atoms with Crippen molar-refractivity contribution in [2.75, 3.05) is 32.6 Å². The Labute approximate surface area is 187 Å². The van der Waals surface area contributed by atoms with E-state index in [1.54, 1.807) is 14.2 Å². The molecule has 6 nitrogen and oxygen atoms in total. The SMILES string of the molecule is COc1ccc(NC(N)=NCC(c2ccccc2)N2CCc3sccc3C2)cc1OC. The summed E-state index contributed by atoms with van der Waals surface area (Å²) < 4.78 is 10.7. The number of nitrogens with one attached hydrogen (secondary N) is 1.